The maximum absolute atomic E-state index is 13.1. The Balaban J connectivity index is 1.91. The Morgan fingerprint density at radius 1 is 1.11 bits per heavy atom. The van der Waals surface area contributed by atoms with Crippen LogP contribution in [0.25, 0.3) is 0 Å². The van der Waals surface area contributed by atoms with Crippen LogP contribution in [0.3, 0.4) is 0 Å². The summed E-state index contributed by atoms with van der Waals surface area (Å²) in [5, 5.41) is 2.46. The summed E-state index contributed by atoms with van der Waals surface area (Å²) in [5.41, 5.74) is 0.686. The summed E-state index contributed by atoms with van der Waals surface area (Å²) in [6.07, 6.45) is -0.165. The molecule has 27 heavy (non-hydrogen) atoms. The van der Waals surface area contributed by atoms with Crippen LogP contribution in [0, 0.1) is 5.82 Å². The van der Waals surface area contributed by atoms with Gasteiger partial charge in [-0.1, -0.05) is 18.2 Å². The molecular weight excluding hydrogens is 375 g/mol. The van der Waals surface area contributed by atoms with Crippen molar-refractivity contribution in [1.82, 2.24) is 4.31 Å². The molecule has 0 unspecified atom stereocenters. The van der Waals surface area contributed by atoms with Gasteiger partial charge in [-0.05, 0) is 35.9 Å². The van der Waals surface area contributed by atoms with Gasteiger partial charge in [-0.25, -0.2) is 17.1 Å². The zero-order valence-corrected chi connectivity index (χ0v) is 15.6. The summed E-state index contributed by atoms with van der Waals surface area (Å²) in [6.45, 7) is -0.543. The summed E-state index contributed by atoms with van der Waals surface area (Å²) >= 11 is 0. The second-order valence-corrected chi connectivity index (χ2v) is 7.98. The standard InChI is InChI=1S/C18H19FN2O5S/c1-21(2)27(24,25)16-8-4-7-15(11-16)20-17(22)12-26-18(23)10-13-5-3-6-14(19)9-13/h3-9,11H,10,12H2,1-2H3,(H,20,22). The molecule has 0 heterocycles. The van der Waals surface area contributed by atoms with Crippen LogP contribution in [0.15, 0.2) is 53.4 Å². The highest BCUT2D eigenvalue weighted by molar-refractivity contribution is 7.89. The molecule has 0 radical (unpaired) electrons. The van der Waals surface area contributed by atoms with E-state index in [1.165, 1.54) is 56.6 Å². The van der Waals surface area contributed by atoms with Crippen molar-refractivity contribution in [2.45, 2.75) is 11.3 Å². The summed E-state index contributed by atoms with van der Waals surface area (Å²) in [5.74, 6) is -1.77. The van der Waals surface area contributed by atoms with E-state index in [2.05, 4.69) is 5.32 Å². The number of nitrogens with one attached hydrogen (secondary N) is 1. The molecule has 0 aliphatic rings. The third-order valence-electron chi connectivity index (χ3n) is 3.50. The molecule has 2 aromatic carbocycles. The van der Waals surface area contributed by atoms with E-state index in [0.717, 1.165) is 4.31 Å². The molecule has 0 fully saturated rings. The largest absolute Gasteiger partial charge is 0.455 e. The second-order valence-electron chi connectivity index (χ2n) is 5.83. The zero-order chi connectivity index (χ0) is 20.0. The van der Waals surface area contributed by atoms with Gasteiger partial charge < -0.3 is 10.1 Å². The molecule has 2 aromatic rings. The van der Waals surface area contributed by atoms with Gasteiger partial charge in [-0.3, -0.25) is 9.59 Å². The first-order chi connectivity index (χ1) is 12.7. The van der Waals surface area contributed by atoms with E-state index in [1.807, 2.05) is 0 Å². The number of halogens is 1. The number of hydrogen-bond donors (Lipinski definition) is 1. The number of nitrogens with zero attached hydrogens (tertiary/aromatic N) is 1. The quantitative estimate of drug-likeness (QED) is 0.723. The van der Waals surface area contributed by atoms with Gasteiger partial charge >= 0.3 is 5.97 Å². The average molecular weight is 394 g/mol. The third-order valence-corrected chi connectivity index (χ3v) is 5.31. The van der Waals surface area contributed by atoms with Gasteiger partial charge in [0.1, 0.15) is 5.82 Å². The first-order valence-corrected chi connectivity index (χ1v) is 9.35. The SMILES string of the molecule is CN(C)S(=O)(=O)c1cccc(NC(=O)COC(=O)Cc2cccc(F)c2)c1. The number of ether oxygens (including phenoxy) is 1. The lowest BCUT2D eigenvalue weighted by atomic mass is 10.1. The van der Waals surface area contributed by atoms with E-state index in [1.54, 1.807) is 6.07 Å². The molecule has 144 valence electrons. The van der Waals surface area contributed by atoms with Crippen LogP contribution in [0.5, 0.6) is 0 Å². The number of sulfonamides is 1. The molecule has 2 rings (SSSR count). The number of anilines is 1. The Labute approximate surface area is 156 Å². The number of hydrogen-bond acceptors (Lipinski definition) is 5. The van der Waals surface area contributed by atoms with Gasteiger partial charge in [0.25, 0.3) is 5.91 Å². The second kappa shape index (κ2) is 8.74. The molecule has 0 saturated heterocycles. The molecule has 0 aliphatic heterocycles. The molecule has 0 bridgehead atoms. The van der Waals surface area contributed by atoms with Gasteiger partial charge in [0.15, 0.2) is 6.61 Å². The van der Waals surface area contributed by atoms with E-state index in [9.17, 15) is 22.4 Å². The van der Waals surface area contributed by atoms with Crippen molar-refractivity contribution in [3.05, 3.63) is 59.9 Å². The van der Waals surface area contributed by atoms with Crippen molar-refractivity contribution in [2.75, 3.05) is 26.0 Å². The fourth-order valence-electron chi connectivity index (χ4n) is 2.15. The van der Waals surface area contributed by atoms with Crippen molar-refractivity contribution >= 4 is 27.6 Å². The number of carbonyl (C=O) groups excluding carboxylic acids is 2. The predicted octanol–water partition coefficient (Wildman–Crippen LogP) is 1.80. The molecule has 9 heteroatoms. The highest BCUT2D eigenvalue weighted by Gasteiger charge is 2.18. The lowest BCUT2D eigenvalue weighted by Gasteiger charge is -2.12. The number of amides is 1. The van der Waals surface area contributed by atoms with Crippen molar-refractivity contribution < 1.29 is 27.1 Å². The van der Waals surface area contributed by atoms with Crippen LogP contribution in [0.1, 0.15) is 5.56 Å². The Morgan fingerprint density at radius 3 is 2.48 bits per heavy atom. The fourth-order valence-corrected chi connectivity index (χ4v) is 3.10. The normalized spacial score (nSPS) is 11.3. The van der Waals surface area contributed by atoms with Crippen LogP contribution in [0.2, 0.25) is 0 Å². The minimum absolute atomic E-state index is 0.0217. The van der Waals surface area contributed by atoms with Gasteiger partial charge in [0, 0.05) is 19.8 Å². The Bertz CT molecular complexity index is 944. The summed E-state index contributed by atoms with van der Waals surface area (Å²) in [7, 11) is -0.830. The molecule has 0 spiro atoms. The zero-order valence-electron chi connectivity index (χ0n) is 14.8. The molecule has 0 aliphatic carbocycles. The third kappa shape index (κ3) is 5.87. The molecule has 7 nitrogen and oxygen atoms in total. The molecule has 1 N–H and O–H groups in total. The predicted molar refractivity (Wildman–Crippen MR) is 97.0 cm³/mol. The Kier molecular flexibility index (Phi) is 6.65. The lowest BCUT2D eigenvalue weighted by molar-refractivity contribution is -0.146. The first-order valence-electron chi connectivity index (χ1n) is 7.91. The Morgan fingerprint density at radius 2 is 1.81 bits per heavy atom. The van der Waals surface area contributed by atoms with E-state index in [4.69, 9.17) is 4.74 Å². The number of carbonyl (C=O) groups is 2. The lowest BCUT2D eigenvalue weighted by Crippen LogP contribution is -2.23. The van der Waals surface area contributed by atoms with Crippen LogP contribution < -0.4 is 5.32 Å². The molecule has 0 aromatic heterocycles. The maximum atomic E-state index is 13.1. The van der Waals surface area contributed by atoms with Crippen molar-refractivity contribution in [2.24, 2.45) is 0 Å². The van der Waals surface area contributed by atoms with E-state index in [-0.39, 0.29) is 17.0 Å². The van der Waals surface area contributed by atoms with Crippen LogP contribution >= 0.6 is 0 Å². The topological polar surface area (TPSA) is 92.8 Å². The van der Waals surface area contributed by atoms with Crippen LogP contribution in [-0.4, -0.2) is 45.3 Å². The monoisotopic (exact) mass is 394 g/mol. The highest BCUT2D eigenvalue weighted by atomic mass is 32.2. The fraction of sp³-hybridized carbons (Fsp3) is 0.222. The van der Waals surface area contributed by atoms with Crippen LogP contribution in [-0.2, 0) is 30.8 Å². The van der Waals surface area contributed by atoms with Gasteiger partial charge in [0.2, 0.25) is 10.0 Å². The van der Waals surface area contributed by atoms with Crippen LogP contribution in [0.4, 0.5) is 10.1 Å². The molecule has 1 amide bonds. The summed E-state index contributed by atoms with van der Waals surface area (Å²) in [4.78, 5) is 23.7. The van der Waals surface area contributed by atoms with Crippen molar-refractivity contribution in [1.29, 1.82) is 0 Å². The average Bonchev–Trinajstić information content (AvgIpc) is 2.60. The summed E-state index contributed by atoms with van der Waals surface area (Å²) < 4.78 is 43.2. The van der Waals surface area contributed by atoms with E-state index >= 15 is 0 Å². The van der Waals surface area contributed by atoms with Gasteiger partial charge in [-0.15, -0.1) is 0 Å². The minimum Gasteiger partial charge on any atom is -0.455 e. The summed E-state index contributed by atoms with van der Waals surface area (Å²) in [6, 6.07) is 11.2. The number of benzene rings is 2. The van der Waals surface area contributed by atoms with Gasteiger partial charge in [-0.2, -0.15) is 0 Å². The van der Waals surface area contributed by atoms with E-state index < -0.39 is 34.3 Å². The molecule has 0 saturated carbocycles. The van der Waals surface area contributed by atoms with Crippen molar-refractivity contribution in [3.8, 4) is 0 Å². The number of rotatable bonds is 7. The van der Waals surface area contributed by atoms with Gasteiger partial charge in [0.05, 0.1) is 11.3 Å². The molecular formula is C18H19FN2O5S. The number of esters is 1. The Hall–Kier alpha value is -2.78. The minimum atomic E-state index is -3.63. The maximum Gasteiger partial charge on any atom is 0.310 e. The van der Waals surface area contributed by atoms with Crippen molar-refractivity contribution in [3.63, 3.8) is 0 Å². The highest BCUT2D eigenvalue weighted by Crippen LogP contribution is 2.17. The van der Waals surface area contributed by atoms with E-state index in [0.29, 0.717) is 5.56 Å². The smallest absolute Gasteiger partial charge is 0.310 e. The first kappa shape index (κ1) is 20.5. The molecule has 0 atom stereocenters.